The molecule has 0 atom stereocenters. The molecular weight excluding hydrogens is 344 g/mol. The van der Waals surface area contributed by atoms with Gasteiger partial charge in [-0.15, -0.1) is 20.4 Å². The number of primary sulfonamides is 1. The van der Waals surface area contributed by atoms with Gasteiger partial charge in [-0.1, -0.05) is 36.4 Å². The molecule has 0 saturated carbocycles. The van der Waals surface area contributed by atoms with E-state index in [9.17, 15) is 8.42 Å². The summed E-state index contributed by atoms with van der Waals surface area (Å²) in [6.45, 7) is 0. The molecule has 0 radical (unpaired) electrons. The molecule has 1 aliphatic rings. The molecule has 124 valence electrons. The highest BCUT2D eigenvalue weighted by Gasteiger charge is 2.22. The number of nitrogens with two attached hydrogens (primary N) is 1. The van der Waals surface area contributed by atoms with E-state index < -0.39 is 10.0 Å². The minimum atomic E-state index is -3.97. The maximum Gasteiger partial charge on any atom is 0.238 e. The zero-order valence-electron chi connectivity index (χ0n) is 12.5. The highest BCUT2D eigenvalue weighted by molar-refractivity contribution is 7.89. The van der Waals surface area contributed by atoms with Crippen LogP contribution in [0, 0.1) is 0 Å². The minimum absolute atomic E-state index is 0.0763. The Hall–Kier alpha value is -3.31. The molecule has 3 aromatic rings. The van der Waals surface area contributed by atoms with Gasteiger partial charge in [0, 0.05) is 5.56 Å². The summed E-state index contributed by atoms with van der Waals surface area (Å²) in [6, 6.07) is 12.0. The van der Waals surface area contributed by atoms with Crippen LogP contribution in [0.3, 0.4) is 0 Å². The fraction of sp³-hybridized carbons (Fsp3) is 0. The van der Waals surface area contributed by atoms with E-state index in [2.05, 4.69) is 36.1 Å². The molecular formula is C14H10N8O2S. The summed E-state index contributed by atoms with van der Waals surface area (Å²) >= 11 is 0. The molecule has 0 unspecified atom stereocenters. The van der Waals surface area contributed by atoms with Gasteiger partial charge in [0.2, 0.25) is 21.7 Å². The lowest BCUT2D eigenvalue weighted by molar-refractivity contribution is 0.598. The van der Waals surface area contributed by atoms with E-state index in [-0.39, 0.29) is 16.3 Å². The number of nitrogens with one attached hydrogen (secondary N) is 1. The molecule has 1 aliphatic heterocycles. The summed E-state index contributed by atoms with van der Waals surface area (Å²) in [5.41, 5.74) is 2.46. The molecule has 11 heteroatoms. The maximum atomic E-state index is 12.0. The normalized spacial score (nSPS) is 13.4. The second-order valence-corrected chi connectivity index (χ2v) is 6.68. The summed E-state index contributed by atoms with van der Waals surface area (Å²) < 4.78 is 24.0. The van der Waals surface area contributed by atoms with E-state index in [1.54, 1.807) is 12.1 Å². The molecule has 10 nitrogen and oxygen atoms in total. The largest absolute Gasteiger partial charge is 0.238 e. The molecule has 25 heavy (non-hydrogen) atoms. The quantitative estimate of drug-likeness (QED) is 0.723. The molecule has 0 amide bonds. The molecule has 0 saturated heterocycles. The second kappa shape index (κ2) is 5.65. The molecule has 3 N–H and O–H groups in total. The average Bonchev–Trinajstić information content (AvgIpc) is 3.07. The molecule has 0 spiro atoms. The van der Waals surface area contributed by atoms with Gasteiger partial charge >= 0.3 is 0 Å². The van der Waals surface area contributed by atoms with Gasteiger partial charge in [-0.05, 0) is 27.6 Å². The van der Waals surface area contributed by atoms with Crippen molar-refractivity contribution in [3.63, 3.8) is 0 Å². The first kappa shape index (κ1) is 15.2. The van der Waals surface area contributed by atoms with Crippen molar-refractivity contribution in [2.75, 3.05) is 0 Å². The number of hydrogen-bond acceptors (Lipinski definition) is 8. The van der Waals surface area contributed by atoms with Crippen LogP contribution in [0.1, 0.15) is 5.56 Å². The SMILES string of the molecule is NS(=O)(=O)c1cccc(-c2ccc(C3=NN=N3)cc2)c1-c1nn[nH]n1. The van der Waals surface area contributed by atoms with Crippen molar-refractivity contribution in [2.45, 2.75) is 4.90 Å². The van der Waals surface area contributed by atoms with Crippen molar-refractivity contribution in [3.05, 3.63) is 48.0 Å². The summed E-state index contributed by atoms with van der Waals surface area (Å²) in [5.74, 6) is 0.684. The first-order valence-corrected chi connectivity index (χ1v) is 8.58. The number of rotatable bonds is 4. The molecule has 1 aromatic heterocycles. The molecule has 4 rings (SSSR count). The van der Waals surface area contributed by atoms with Crippen molar-refractivity contribution < 1.29 is 8.42 Å². The number of amidine groups is 1. The van der Waals surface area contributed by atoms with E-state index in [0.717, 1.165) is 11.1 Å². The van der Waals surface area contributed by atoms with Crippen LogP contribution in [-0.4, -0.2) is 34.9 Å². The number of H-pyrrole nitrogens is 1. The number of aromatic nitrogens is 4. The number of hydrogen-bond donors (Lipinski definition) is 2. The third kappa shape index (κ3) is 2.70. The monoisotopic (exact) mass is 354 g/mol. The average molecular weight is 354 g/mol. The van der Waals surface area contributed by atoms with Crippen LogP contribution in [-0.2, 0) is 10.0 Å². The van der Waals surface area contributed by atoms with Crippen LogP contribution in [0.5, 0.6) is 0 Å². The molecule has 0 bridgehead atoms. The van der Waals surface area contributed by atoms with Crippen molar-refractivity contribution in [1.82, 2.24) is 20.6 Å². The second-order valence-electron chi connectivity index (χ2n) is 5.15. The molecule has 2 aromatic carbocycles. The standard InChI is InChI=1S/C14H10N8O2S/c15-25(23,24)11-3-1-2-10(12(11)14-18-21-22-19-14)8-4-6-9(7-5-8)13-16-20-17-13/h1-7H,(H2,15,23,24)(H,18,19,21,22). The van der Waals surface area contributed by atoms with Gasteiger partial charge in [-0.2, -0.15) is 5.21 Å². The number of nitrogens with zero attached hydrogens (tertiary/aromatic N) is 6. The van der Waals surface area contributed by atoms with Crippen LogP contribution in [0.25, 0.3) is 22.5 Å². The Balaban J connectivity index is 1.90. The highest BCUT2D eigenvalue weighted by atomic mass is 32.2. The Kier molecular flexibility index (Phi) is 3.44. The first-order chi connectivity index (χ1) is 12.0. The summed E-state index contributed by atoms with van der Waals surface area (Å²) in [6.07, 6.45) is 0. The summed E-state index contributed by atoms with van der Waals surface area (Å²) in [4.78, 5) is -0.0763. The van der Waals surface area contributed by atoms with Crippen LogP contribution < -0.4 is 5.14 Å². The Bertz CT molecular complexity index is 1100. The van der Waals surface area contributed by atoms with Gasteiger partial charge in [-0.25, -0.2) is 13.6 Å². The Labute approximate surface area is 141 Å². The van der Waals surface area contributed by atoms with Crippen molar-refractivity contribution in [2.24, 2.45) is 20.6 Å². The van der Waals surface area contributed by atoms with Crippen LogP contribution in [0.15, 0.2) is 62.8 Å². The van der Waals surface area contributed by atoms with Gasteiger partial charge in [-0.3, -0.25) is 0 Å². The predicted molar refractivity (Wildman–Crippen MR) is 87.8 cm³/mol. The smallest absolute Gasteiger partial charge is 0.225 e. The van der Waals surface area contributed by atoms with Gasteiger partial charge < -0.3 is 0 Å². The number of aromatic amines is 1. The number of sulfonamides is 1. The lowest BCUT2D eigenvalue weighted by Crippen LogP contribution is -2.14. The van der Waals surface area contributed by atoms with E-state index in [0.29, 0.717) is 11.4 Å². The fourth-order valence-electron chi connectivity index (χ4n) is 2.51. The van der Waals surface area contributed by atoms with E-state index in [1.165, 1.54) is 6.07 Å². The summed E-state index contributed by atoms with van der Waals surface area (Å²) in [7, 11) is -3.97. The lowest BCUT2D eigenvalue weighted by atomic mass is 9.98. The Morgan fingerprint density at radius 1 is 1.00 bits per heavy atom. The van der Waals surface area contributed by atoms with E-state index >= 15 is 0 Å². The van der Waals surface area contributed by atoms with Crippen LogP contribution in [0.2, 0.25) is 0 Å². The molecule has 0 fully saturated rings. The molecule has 0 aliphatic carbocycles. The van der Waals surface area contributed by atoms with E-state index in [1.807, 2.05) is 24.3 Å². The van der Waals surface area contributed by atoms with Gasteiger partial charge in [0.05, 0.1) is 10.5 Å². The van der Waals surface area contributed by atoms with Crippen LogP contribution in [0.4, 0.5) is 0 Å². The Morgan fingerprint density at radius 3 is 2.28 bits per heavy atom. The first-order valence-electron chi connectivity index (χ1n) is 7.03. The zero-order valence-corrected chi connectivity index (χ0v) is 13.3. The highest BCUT2D eigenvalue weighted by Crippen LogP contribution is 2.34. The lowest BCUT2D eigenvalue weighted by Gasteiger charge is -2.12. The predicted octanol–water partition coefficient (Wildman–Crippen LogP) is 1.31. The van der Waals surface area contributed by atoms with Crippen molar-refractivity contribution in [1.29, 1.82) is 0 Å². The topological polar surface area (TPSA) is 152 Å². The van der Waals surface area contributed by atoms with Gasteiger partial charge in [0.15, 0.2) is 0 Å². The third-order valence-electron chi connectivity index (χ3n) is 3.63. The maximum absolute atomic E-state index is 12.0. The van der Waals surface area contributed by atoms with Gasteiger partial charge in [0.1, 0.15) is 0 Å². The fourth-order valence-corrected chi connectivity index (χ4v) is 3.26. The Morgan fingerprint density at radius 2 is 1.72 bits per heavy atom. The van der Waals surface area contributed by atoms with Crippen molar-refractivity contribution >= 4 is 15.9 Å². The van der Waals surface area contributed by atoms with E-state index in [4.69, 9.17) is 5.14 Å². The number of benzene rings is 2. The third-order valence-corrected chi connectivity index (χ3v) is 4.59. The number of tetrazole rings is 1. The van der Waals surface area contributed by atoms with Gasteiger partial charge in [0.25, 0.3) is 0 Å². The van der Waals surface area contributed by atoms with Crippen LogP contribution >= 0.6 is 0 Å². The zero-order chi connectivity index (χ0) is 17.4. The molecule has 2 heterocycles. The summed E-state index contributed by atoms with van der Waals surface area (Å²) in [5, 5.41) is 30.0. The minimum Gasteiger partial charge on any atom is -0.225 e. The van der Waals surface area contributed by atoms with Crippen molar-refractivity contribution in [3.8, 4) is 22.5 Å².